The zero-order valence-corrected chi connectivity index (χ0v) is 14.4. The van der Waals surface area contributed by atoms with Crippen LogP contribution in [0, 0.1) is 6.92 Å². The molecule has 4 nitrogen and oxygen atoms in total. The van der Waals surface area contributed by atoms with Crippen molar-refractivity contribution in [1.29, 1.82) is 0 Å². The maximum absolute atomic E-state index is 13.1. The Hall–Kier alpha value is -2.80. The van der Waals surface area contributed by atoms with E-state index >= 15 is 0 Å². The molecule has 1 aromatic heterocycles. The molecule has 3 rings (SSSR count). The Morgan fingerprint density at radius 1 is 0.885 bits per heavy atom. The van der Waals surface area contributed by atoms with Crippen molar-refractivity contribution in [3.63, 3.8) is 0 Å². The van der Waals surface area contributed by atoms with Gasteiger partial charge in [0.15, 0.2) is 0 Å². The van der Waals surface area contributed by atoms with Gasteiger partial charge in [-0.15, -0.1) is 0 Å². The summed E-state index contributed by atoms with van der Waals surface area (Å²) in [4.78, 5) is 8.38. The maximum atomic E-state index is 13.1. The Bertz CT molecular complexity index is 928. The number of benzene rings is 2. The first-order valence-electron chi connectivity index (χ1n) is 7.63. The molecule has 0 aliphatic heterocycles. The van der Waals surface area contributed by atoms with Gasteiger partial charge in [0.2, 0.25) is 5.95 Å². The van der Waals surface area contributed by atoms with Gasteiger partial charge in [-0.1, -0.05) is 35.9 Å². The van der Waals surface area contributed by atoms with Gasteiger partial charge in [0.25, 0.3) is 0 Å². The predicted octanol–water partition coefficient (Wildman–Crippen LogP) is 5.94. The van der Waals surface area contributed by atoms with Gasteiger partial charge in [-0.05, 0) is 31.2 Å². The largest absolute Gasteiger partial charge is 0.418 e. The van der Waals surface area contributed by atoms with Gasteiger partial charge >= 0.3 is 6.18 Å². The second-order valence-corrected chi connectivity index (χ2v) is 5.90. The van der Waals surface area contributed by atoms with Crippen LogP contribution in [0.15, 0.2) is 54.6 Å². The second kappa shape index (κ2) is 7.21. The van der Waals surface area contributed by atoms with Gasteiger partial charge in [0.1, 0.15) is 5.82 Å². The third-order valence-electron chi connectivity index (χ3n) is 3.47. The quantitative estimate of drug-likeness (QED) is 0.589. The summed E-state index contributed by atoms with van der Waals surface area (Å²) in [6.45, 7) is 1.72. The smallest absolute Gasteiger partial charge is 0.339 e. The van der Waals surface area contributed by atoms with Crippen molar-refractivity contribution in [2.24, 2.45) is 0 Å². The standard InChI is InChI=1S/C18H14ClF3N4/c1-11-10-16(24-15-9-5-3-7-13(15)19)26-17(23-11)25-14-8-4-2-6-12(14)18(20,21)22/h2-10H,1H3,(H2,23,24,25,26). The fraction of sp³-hybridized carbons (Fsp3) is 0.111. The van der Waals surface area contributed by atoms with Crippen LogP contribution in [-0.2, 0) is 6.18 Å². The van der Waals surface area contributed by atoms with Crippen LogP contribution in [0.25, 0.3) is 0 Å². The van der Waals surface area contributed by atoms with Crippen molar-refractivity contribution in [3.8, 4) is 0 Å². The first kappa shape index (κ1) is 18.0. The molecule has 0 radical (unpaired) electrons. The minimum absolute atomic E-state index is 0.0521. The molecule has 134 valence electrons. The molecule has 8 heteroatoms. The van der Waals surface area contributed by atoms with Crippen LogP contribution in [0.2, 0.25) is 5.02 Å². The number of halogens is 4. The summed E-state index contributed by atoms with van der Waals surface area (Å²) in [7, 11) is 0. The third-order valence-corrected chi connectivity index (χ3v) is 3.80. The molecule has 0 fully saturated rings. The van der Waals surface area contributed by atoms with E-state index in [0.717, 1.165) is 6.07 Å². The zero-order valence-electron chi connectivity index (χ0n) is 13.6. The zero-order chi connectivity index (χ0) is 18.7. The van der Waals surface area contributed by atoms with E-state index in [1.165, 1.54) is 18.2 Å². The van der Waals surface area contributed by atoms with E-state index in [4.69, 9.17) is 11.6 Å². The molecule has 2 aromatic carbocycles. The van der Waals surface area contributed by atoms with Crippen molar-refractivity contribution >= 4 is 34.7 Å². The SMILES string of the molecule is Cc1cc(Nc2ccccc2Cl)nc(Nc2ccccc2C(F)(F)F)n1. The van der Waals surface area contributed by atoms with Crippen molar-refractivity contribution in [1.82, 2.24) is 9.97 Å². The fourth-order valence-corrected chi connectivity index (χ4v) is 2.53. The van der Waals surface area contributed by atoms with Crippen LogP contribution < -0.4 is 10.6 Å². The van der Waals surface area contributed by atoms with Crippen LogP contribution in [-0.4, -0.2) is 9.97 Å². The summed E-state index contributed by atoms with van der Waals surface area (Å²) in [6.07, 6.45) is -4.48. The summed E-state index contributed by atoms with van der Waals surface area (Å²) in [5, 5.41) is 6.18. The average Bonchev–Trinajstić information content (AvgIpc) is 2.56. The van der Waals surface area contributed by atoms with Crippen molar-refractivity contribution in [2.45, 2.75) is 13.1 Å². The van der Waals surface area contributed by atoms with Crippen LogP contribution in [0.4, 0.5) is 36.3 Å². The molecule has 0 aliphatic rings. The summed E-state index contributed by atoms with van der Waals surface area (Å²) < 4.78 is 39.4. The first-order valence-corrected chi connectivity index (χ1v) is 8.01. The Morgan fingerprint density at radius 3 is 2.23 bits per heavy atom. The molecule has 0 bridgehead atoms. The van der Waals surface area contributed by atoms with Crippen molar-refractivity contribution in [3.05, 3.63) is 70.9 Å². The lowest BCUT2D eigenvalue weighted by atomic mass is 10.1. The molecule has 0 amide bonds. The normalized spacial score (nSPS) is 11.3. The molecule has 2 N–H and O–H groups in total. The van der Waals surface area contributed by atoms with E-state index < -0.39 is 11.7 Å². The van der Waals surface area contributed by atoms with Gasteiger partial charge in [0.05, 0.1) is 22.0 Å². The molecule has 0 aliphatic carbocycles. The summed E-state index contributed by atoms with van der Waals surface area (Å²) >= 11 is 6.11. The maximum Gasteiger partial charge on any atom is 0.418 e. The number of nitrogens with one attached hydrogen (secondary N) is 2. The minimum Gasteiger partial charge on any atom is -0.339 e. The third kappa shape index (κ3) is 4.23. The van der Waals surface area contributed by atoms with Crippen LogP contribution in [0.3, 0.4) is 0 Å². The Balaban J connectivity index is 1.91. The van der Waals surface area contributed by atoms with Gasteiger partial charge < -0.3 is 10.6 Å². The Morgan fingerprint density at radius 2 is 1.54 bits per heavy atom. The number of para-hydroxylation sites is 2. The lowest BCUT2D eigenvalue weighted by Gasteiger charge is -2.14. The first-order chi connectivity index (χ1) is 12.3. The van der Waals surface area contributed by atoms with E-state index in [0.29, 0.717) is 22.2 Å². The van der Waals surface area contributed by atoms with E-state index in [2.05, 4.69) is 20.6 Å². The summed E-state index contributed by atoms with van der Waals surface area (Å²) in [6, 6.07) is 13.9. The van der Waals surface area contributed by atoms with Gasteiger partial charge in [-0.25, -0.2) is 4.98 Å². The molecule has 0 unspecified atom stereocenters. The monoisotopic (exact) mass is 378 g/mol. The number of hydrogen-bond donors (Lipinski definition) is 2. The molecule has 0 atom stereocenters. The molecular formula is C18H14ClF3N4. The molecular weight excluding hydrogens is 365 g/mol. The van der Waals surface area contributed by atoms with E-state index in [-0.39, 0.29) is 11.6 Å². The number of rotatable bonds is 4. The molecule has 3 aromatic rings. The van der Waals surface area contributed by atoms with Crippen LogP contribution in [0.1, 0.15) is 11.3 Å². The second-order valence-electron chi connectivity index (χ2n) is 5.49. The highest BCUT2D eigenvalue weighted by Crippen LogP contribution is 2.35. The summed E-state index contributed by atoms with van der Waals surface area (Å²) in [5.74, 6) is 0.467. The van der Waals surface area contributed by atoms with Crippen LogP contribution >= 0.6 is 11.6 Å². The number of anilines is 4. The predicted molar refractivity (Wildman–Crippen MR) is 96.2 cm³/mol. The molecule has 1 heterocycles. The van der Waals surface area contributed by atoms with Gasteiger partial charge in [-0.3, -0.25) is 0 Å². The lowest BCUT2D eigenvalue weighted by Crippen LogP contribution is -2.10. The van der Waals surface area contributed by atoms with Gasteiger partial charge in [-0.2, -0.15) is 18.2 Å². The average molecular weight is 379 g/mol. The van der Waals surface area contributed by atoms with E-state index in [1.54, 1.807) is 37.3 Å². The van der Waals surface area contributed by atoms with Crippen molar-refractivity contribution in [2.75, 3.05) is 10.6 Å². The highest BCUT2D eigenvalue weighted by Gasteiger charge is 2.33. The number of alkyl halides is 3. The number of aromatic nitrogens is 2. The number of nitrogens with zero attached hydrogens (tertiary/aromatic N) is 2. The minimum atomic E-state index is -4.48. The van der Waals surface area contributed by atoms with Crippen LogP contribution in [0.5, 0.6) is 0 Å². The summed E-state index contributed by atoms with van der Waals surface area (Å²) in [5.41, 5.74) is 0.315. The lowest BCUT2D eigenvalue weighted by molar-refractivity contribution is -0.136. The van der Waals surface area contributed by atoms with Gasteiger partial charge in [0, 0.05) is 11.8 Å². The molecule has 0 saturated heterocycles. The Labute approximate surface area is 153 Å². The molecule has 0 saturated carbocycles. The molecule has 0 spiro atoms. The van der Waals surface area contributed by atoms with Crippen molar-refractivity contribution < 1.29 is 13.2 Å². The Kier molecular flexibility index (Phi) is 4.99. The topological polar surface area (TPSA) is 49.8 Å². The number of aryl methyl sites for hydroxylation is 1. The molecule has 26 heavy (non-hydrogen) atoms. The fourth-order valence-electron chi connectivity index (χ4n) is 2.35. The van der Waals surface area contributed by atoms with E-state index in [9.17, 15) is 13.2 Å². The van der Waals surface area contributed by atoms with E-state index in [1.807, 2.05) is 0 Å². The number of hydrogen-bond acceptors (Lipinski definition) is 4. The highest BCUT2D eigenvalue weighted by atomic mass is 35.5. The highest BCUT2D eigenvalue weighted by molar-refractivity contribution is 6.33.